The van der Waals surface area contributed by atoms with Crippen molar-refractivity contribution in [3.63, 3.8) is 0 Å². The summed E-state index contributed by atoms with van der Waals surface area (Å²) in [7, 11) is 0. The standard InChI is InChI=1S/C24H26N4O2/c1-24(2,3)17-6-4-15(5-7-17)20(12-18-8-11-22(29)27-18)21-10-9-19(23(30)28-21)16-13-25-26-14-16/h4-7,9-10,12-14,18H,8,11H2,1-3H3,(H,25,26)(H,27,29)(H,28,30)/t18-/m1/s1. The summed E-state index contributed by atoms with van der Waals surface area (Å²) in [4.78, 5) is 27.5. The topological polar surface area (TPSA) is 90.6 Å². The Hall–Kier alpha value is -3.41. The number of hydrogen-bond acceptors (Lipinski definition) is 3. The van der Waals surface area contributed by atoms with E-state index in [2.05, 4.69) is 65.5 Å². The number of aromatic amines is 2. The third-order valence-electron chi connectivity index (χ3n) is 5.47. The van der Waals surface area contributed by atoms with Crippen LogP contribution in [0.4, 0.5) is 0 Å². The van der Waals surface area contributed by atoms with Crippen molar-refractivity contribution < 1.29 is 4.79 Å². The molecule has 0 spiro atoms. The van der Waals surface area contributed by atoms with Gasteiger partial charge in [-0.15, -0.1) is 0 Å². The molecular weight excluding hydrogens is 376 g/mol. The maximum absolute atomic E-state index is 12.8. The normalized spacial score (nSPS) is 17.2. The van der Waals surface area contributed by atoms with E-state index in [1.807, 2.05) is 18.2 Å². The summed E-state index contributed by atoms with van der Waals surface area (Å²) in [6, 6.07) is 12.1. The predicted molar refractivity (Wildman–Crippen MR) is 118 cm³/mol. The zero-order valence-electron chi connectivity index (χ0n) is 17.5. The summed E-state index contributed by atoms with van der Waals surface area (Å²) in [6.45, 7) is 6.54. The highest BCUT2D eigenvalue weighted by Crippen LogP contribution is 2.28. The summed E-state index contributed by atoms with van der Waals surface area (Å²) in [5, 5.41) is 9.64. The number of rotatable bonds is 4. The smallest absolute Gasteiger partial charge is 0.256 e. The third-order valence-corrected chi connectivity index (χ3v) is 5.47. The lowest BCUT2D eigenvalue weighted by atomic mass is 9.86. The number of nitrogens with zero attached hydrogens (tertiary/aromatic N) is 1. The van der Waals surface area contributed by atoms with E-state index in [4.69, 9.17) is 0 Å². The van der Waals surface area contributed by atoms with Crippen LogP contribution in [0.15, 0.2) is 59.7 Å². The van der Waals surface area contributed by atoms with Crippen LogP contribution in [-0.2, 0) is 10.2 Å². The van der Waals surface area contributed by atoms with E-state index in [0.29, 0.717) is 12.0 Å². The van der Waals surface area contributed by atoms with Gasteiger partial charge in [-0.1, -0.05) is 51.1 Å². The van der Waals surface area contributed by atoms with Crippen LogP contribution in [0.5, 0.6) is 0 Å². The number of hydrogen-bond donors (Lipinski definition) is 3. The minimum atomic E-state index is -0.179. The molecule has 1 aliphatic rings. The molecule has 0 bridgehead atoms. The molecule has 6 nitrogen and oxygen atoms in total. The molecule has 3 heterocycles. The van der Waals surface area contributed by atoms with Gasteiger partial charge >= 0.3 is 0 Å². The van der Waals surface area contributed by atoms with Gasteiger partial charge in [0.15, 0.2) is 0 Å². The van der Waals surface area contributed by atoms with Crippen LogP contribution in [-0.4, -0.2) is 27.1 Å². The first-order valence-electron chi connectivity index (χ1n) is 10.2. The molecule has 0 saturated carbocycles. The summed E-state index contributed by atoms with van der Waals surface area (Å²) >= 11 is 0. The first kappa shape index (κ1) is 19.9. The van der Waals surface area contributed by atoms with Crippen molar-refractivity contribution in [3.8, 4) is 11.1 Å². The van der Waals surface area contributed by atoms with Crippen LogP contribution in [0, 0.1) is 0 Å². The largest absolute Gasteiger partial charge is 0.350 e. The van der Waals surface area contributed by atoms with Crippen LogP contribution in [0.25, 0.3) is 16.7 Å². The van der Waals surface area contributed by atoms with E-state index in [1.165, 1.54) is 5.56 Å². The number of H-pyrrole nitrogens is 2. The van der Waals surface area contributed by atoms with Crippen LogP contribution in [0.3, 0.4) is 0 Å². The molecule has 1 fully saturated rings. The van der Waals surface area contributed by atoms with E-state index in [-0.39, 0.29) is 22.9 Å². The quantitative estimate of drug-likeness (QED) is 0.620. The molecule has 3 aromatic rings. The molecule has 30 heavy (non-hydrogen) atoms. The zero-order chi connectivity index (χ0) is 21.3. The Morgan fingerprint density at radius 2 is 1.87 bits per heavy atom. The van der Waals surface area contributed by atoms with E-state index in [0.717, 1.165) is 28.8 Å². The second-order valence-electron chi connectivity index (χ2n) is 8.72. The summed E-state index contributed by atoms with van der Waals surface area (Å²) in [5.41, 5.74) is 5.04. The van der Waals surface area contributed by atoms with Crippen molar-refractivity contribution in [2.75, 3.05) is 0 Å². The van der Waals surface area contributed by atoms with Crippen LogP contribution in [0.2, 0.25) is 0 Å². The van der Waals surface area contributed by atoms with E-state index in [1.54, 1.807) is 12.4 Å². The van der Waals surface area contributed by atoms with Gasteiger partial charge in [-0.2, -0.15) is 5.10 Å². The van der Waals surface area contributed by atoms with E-state index < -0.39 is 0 Å². The molecule has 1 saturated heterocycles. The van der Waals surface area contributed by atoms with Crippen LogP contribution in [0.1, 0.15) is 50.4 Å². The van der Waals surface area contributed by atoms with Gasteiger partial charge in [-0.05, 0) is 35.1 Å². The highest BCUT2D eigenvalue weighted by atomic mass is 16.2. The maximum Gasteiger partial charge on any atom is 0.256 e. The van der Waals surface area contributed by atoms with Gasteiger partial charge in [0.2, 0.25) is 5.91 Å². The molecule has 0 radical (unpaired) electrons. The monoisotopic (exact) mass is 402 g/mol. The molecule has 1 aliphatic heterocycles. The van der Waals surface area contributed by atoms with E-state index >= 15 is 0 Å². The second kappa shape index (κ2) is 7.78. The minimum absolute atomic E-state index is 0.0492. The molecule has 4 rings (SSSR count). The molecule has 2 aromatic heterocycles. The van der Waals surface area contributed by atoms with Gasteiger partial charge in [0, 0.05) is 35.5 Å². The summed E-state index contributed by atoms with van der Waals surface area (Å²) in [5.74, 6) is 0.0579. The van der Waals surface area contributed by atoms with Gasteiger partial charge in [0.1, 0.15) is 0 Å². The highest BCUT2D eigenvalue weighted by Gasteiger charge is 2.21. The Morgan fingerprint density at radius 1 is 1.10 bits per heavy atom. The molecular formula is C24H26N4O2. The number of nitrogens with one attached hydrogen (secondary N) is 3. The maximum atomic E-state index is 12.8. The number of carbonyl (C=O) groups is 1. The molecule has 1 aromatic carbocycles. The van der Waals surface area contributed by atoms with Crippen molar-refractivity contribution in [2.45, 2.75) is 45.1 Å². The third kappa shape index (κ3) is 4.13. The number of pyridine rings is 1. The lowest BCUT2D eigenvalue weighted by molar-refractivity contribution is -0.119. The fourth-order valence-electron chi connectivity index (χ4n) is 3.71. The van der Waals surface area contributed by atoms with E-state index in [9.17, 15) is 9.59 Å². The van der Waals surface area contributed by atoms with Gasteiger partial charge in [0.05, 0.1) is 11.8 Å². The van der Waals surface area contributed by atoms with Crippen molar-refractivity contribution >= 4 is 11.5 Å². The molecule has 154 valence electrons. The van der Waals surface area contributed by atoms with Gasteiger partial charge in [0.25, 0.3) is 5.56 Å². The molecule has 0 unspecified atom stereocenters. The number of amides is 1. The molecule has 1 atom stereocenters. The summed E-state index contributed by atoms with van der Waals surface area (Å²) in [6.07, 6.45) is 6.63. The lowest BCUT2D eigenvalue weighted by Gasteiger charge is -2.20. The van der Waals surface area contributed by atoms with Crippen LogP contribution < -0.4 is 10.9 Å². The molecule has 1 amide bonds. The van der Waals surface area contributed by atoms with Gasteiger partial charge in [-0.3, -0.25) is 14.7 Å². The van der Waals surface area contributed by atoms with Crippen molar-refractivity contribution in [3.05, 3.63) is 82.0 Å². The zero-order valence-corrected chi connectivity index (χ0v) is 17.5. The highest BCUT2D eigenvalue weighted by molar-refractivity contribution is 5.82. The second-order valence-corrected chi connectivity index (χ2v) is 8.72. The summed E-state index contributed by atoms with van der Waals surface area (Å²) < 4.78 is 0. The number of aromatic nitrogens is 3. The van der Waals surface area contributed by atoms with Crippen molar-refractivity contribution in [2.24, 2.45) is 0 Å². The Kier molecular flexibility index (Phi) is 5.16. The molecule has 0 aliphatic carbocycles. The van der Waals surface area contributed by atoms with Crippen molar-refractivity contribution in [1.29, 1.82) is 0 Å². The Labute approximate surface area is 175 Å². The van der Waals surface area contributed by atoms with Gasteiger partial charge < -0.3 is 10.3 Å². The van der Waals surface area contributed by atoms with Crippen molar-refractivity contribution in [1.82, 2.24) is 20.5 Å². The fraction of sp³-hybridized carbons (Fsp3) is 0.292. The van der Waals surface area contributed by atoms with Crippen LogP contribution >= 0.6 is 0 Å². The lowest BCUT2D eigenvalue weighted by Crippen LogP contribution is -2.23. The Morgan fingerprint density at radius 3 is 2.43 bits per heavy atom. The first-order valence-corrected chi connectivity index (χ1v) is 10.2. The Balaban J connectivity index is 1.76. The number of benzene rings is 1. The SMILES string of the molecule is CC(C)(C)c1ccc(C(=C[C@H]2CCC(=O)N2)c2ccc(-c3cn[nH]c3)c(=O)[nH]2)cc1. The number of carbonyl (C=O) groups excluding carboxylic acids is 1. The first-order chi connectivity index (χ1) is 14.3. The van der Waals surface area contributed by atoms with Gasteiger partial charge in [-0.25, -0.2) is 0 Å². The predicted octanol–water partition coefficient (Wildman–Crippen LogP) is 3.77. The minimum Gasteiger partial charge on any atom is -0.350 e. The Bertz CT molecular complexity index is 1130. The molecule has 6 heteroatoms. The average Bonchev–Trinajstić information content (AvgIpc) is 3.37. The average molecular weight is 402 g/mol. The molecule has 3 N–H and O–H groups in total. The fourth-order valence-corrected chi connectivity index (χ4v) is 3.71.